The van der Waals surface area contributed by atoms with Crippen molar-refractivity contribution in [1.29, 1.82) is 0 Å². The number of para-hydroxylation sites is 1. The summed E-state index contributed by atoms with van der Waals surface area (Å²) < 4.78 is 17.6. The van der Waals surface area contributed by atoms with Crippen LogP contribution in [0.1, 0.15) is 31.4 Å². The van der Waals surface area contributed by atoms with Gasteiger partial charge in [-0.2, -0.15) is 4.98 Å². The largest absolute Gasteiger partial charge is 0.439 e. The first-order valence-corrected chi connectivity index (χ1v) is 9.83. The molecular formula is C21H27N3O3. The Morgan fingerprint density at radius 2 is 1.93 bits per heavy atom. The van der Waals surface area contributed by atoms with Gasteiger partial charge in [-0.15, -0.1) is 0 Å². The van der Waals surface area contributed by atoms with Crippen LogP contribution < -0.4 is 9.64 Å². The maximum atomic E-state index is 6.06. The van der Waals surface area contributed by atoms with Crippen molar-refractivity contribution < 1.29 is 14.2 Å². The number of ether oxygens (including phenoxy) is 3. The lowest BCUT2D eigenvalue weighted by atomic mass is 10.1. The molecule has 0 saturated carbocycles. The summed E-state index contributed by atoms with van der Waals surface area (Å²) in [4.78, 5) is 11.4. The second kappa shape index (κ2) is 8.67. The van der Waals surface area contributed by atoms with Crippen LogP contribution in [0.4, 0.5) is 5.95 Å². The smallest absolute Gasteiger partial charge is 0.228 e. The summed E-state index contributed by atoms with van der Waals surface area (Å²) in [6.07, 6.45) is 4.85. The quantitative estimate of drug-likeness (QED) is 0.773. The Morgan fingerprint density at radius 1 is 1.11 bits per heavy atom. The molecule has 0 radical (unpaired) electrons. The van der Waals surface area contributed by atoms with Crippen LogP contribution in [0.3, 0.4) is 0 Å². The summed E-state index contributed by atoms with van der Waals surface area (Å²) in [5.41, 5.74) is 0.905. The molecule has 144 valence electrons. The Labute approximate surface area is 160 Å². The third-order valence-electron chi connectivity index (χ3n) is 5.05. The molecule has 2 saturated heterocycles. The van der Waals surface area contributed by atoms with E-state index in [1.807, 2.05) is 43.3 Å². The predicted molar refractivity (Wildman–Crippen MR) is 103 cm³/mol. The highest BCUT2D eigenvalue weighted by atomic mass is 16.5. The van der Waals surface area contributed by atoms with Crippen molar-refractivity contribution in [3.63, 3.8) is 0 Å². The molecule has 0 bridgehead atoms. The lowest BCUT2D eigenvalue weighted by Gasteiger charge is -2.32. The van der Waals surface area contributed by atoms with Gasteiger partial charge in [0, 0.05) is 31.5 Å². The summed E-state index contributed by atoms with van der Waals surface area (Å²) in [7, 11) is 0. The number of rotatable bonds is 6. The lowest BCUT2D eigenvalue weighted by Crippen LogP contribution is -2.39. The van der Waals surface area contributed by atoms with Gasteiger partial charge < -0.3 is 19.1 Å². The summed E-state index contributed by atoms with van der Waals surface area (Å²) in [6, 6.07) is 11.6. The molecule has 4 rings (SSSR count). The first-order chi connectivity index (χ1) is 13.3. The van der Waals surface area contributed by atoms with E-state index in [1.54, 1.807) is 0 Å². The number of benzene rings is 1. The van der Waals surface area contributed by atoms with Gasteiger partial charge in [0.15, 0.2) is 0 Å². The number of piperidine rings is 1. The number of aryl methyl sites for hydroxylation is 1. The summed E-state index contributed by atoms with van der Waals surface area (Å²) in [5, 5.41) is 0. The van der Waals surface area contributed by atoms with Crippen molar-refractivity contribution >= 4 is 5.95 Å². The SMILES string of the molecule is Cc1cc(Oc2ccccc2)nc(N2CCC(OCC3CCCO3)CC2)n1. The Kier molecular flexibility index (Phi) is 5.84. The van der Waals surface area contributed by atoms with E-state index in [0.717, 1.165) is 69.4 Å². The molecule has 3 heterocycles. The average Bonchev–Trinajstić information content (AvgIpc) is 3.21. The van der Waals surface area contributed by atoms with Crippen LogP contribution in [-0.2, 0) is 9.47 Å². The minimum Gasteiger partial charge on any atom is -0.439 e. The van der Waals surface area contributed by atoms with E-state index in [0.29, 0.717) is 18.1 Å². The Bertz CT molecular complexity index is 727. The van der Waals surface area contributed by atoms with Crippen LogP contribution in [-0.4, -0.2) is 48.5 Å². The summed E-state index contributed by atoms with van der Waals surface area (Å²) >= 11 is 0. The van der Waals surface area contributed by atoms with Gasteiger partial charge in [0.05, 0.1) is 18.8 Å². The minimum atomic E-state index is 0.292. The van der Waals surface area contributed by atoms with E-state index in [2.05, 4.69) is 14.9 Å². The Hall–Kier alpha value is -2.18. The maximum absolute atomic E-state index is 6.06. The van der Waals surface area contributed by atoms with Crippen molar-refractivity contribution in [3.05, 3.63) is 42.1 Å². The van der Waals surface area contributed by atoms with Crippen molar-refractivity contribution in [2.45, 2.75) is 44.8 Å². The van der Waals surface area contributed by atoms with E-state index >= 15 is 0 Å². The molecule has 0 N–H and O–H groups in total. The molecule has 0 spiro atoms. The van der Waals surface area contributed by atoms with Crippen LogP contribution in [0.5, 0.6) is 11.6 Å². The standard InChI is InChI=1S/C21H27N3O3/c1-16-14-20(27-18-6-3-2-4-7-18)23-21(22-16)24-11-9-17(10-12-24)26-15-19-8-5-13-25-19/h2-4,6-7,14,17,19H,5,8-13,15H2,1H3. The first kappa shape index (κ1) is 18.2. The van der Waals surface area contributed by atoms with Crippen LogP contribution in [0, 0.1) is 6.92 Å². The second-order valence-electron chi connectivity index (χ2n) is 7.22. The molecule has 27 heavy (non-hydrogen) atoms. The van der Waals surface area contributed by atoms with Gasteiger partial charge in [0.1, 0.15) is 5.75 Å². The van der Waals surface area contributed by atoms with Crippen LogP contribution in [0.15, 0.2) is 36.4 Å². The van der Waals surface area contributed by atoms with E-state index in [1.165, 1.54) is 0 Å². The fourth-order valence-corrected chi connectivity index (χ4v) is 3.57. The van der Waals surface area contributed by atoms with Crippen LogP contribution >= 0.6 is 0 Å². The van der Waals surface area contributed by atoms with Crippen LogP contribution in [0.2, 0.25) is 0 Å². The highest BCUT2D eigenvalue weighted by molar-refractivity contribution is 5.36. The molecule has 6 nitrogen and oxygen atoms in total. The Balaban J connectivity index is 1.33. The molecule has 1 atom stereocenters. The van der Waals surface area contributed by atoms with E-state index in [-0.39, 0.29) is 0 Å². The molecule has 1 aromatic heterocycles. The lowest BCUT2D eigenvalue weighted by molar-refractivity contribution is -0.0281. The zero-order valence-corrected chi connectivity index (χ0v) is 15.8. The topological polar surface area (TPSA) is 56.7 Å². The average molecular weight is 369 g/mol. The fraction of sp³-hybridized carbons (Fsp3) is 0.524. The summed E-state index contributed by atoms with van der Waals surface area (Å²) in [6.45, 7) is 5.36. The monoisotopic (exact) mass is 369 g/mol. The van der Waals surface area contributed by atoms with Crippen molar-refractivity contribution in [2.24, 2.45) is 0 Å². The predicted octanol–water partition coefficient (Wildman–Crippen LogP) is 3.74. The molecule has 2 aliphatic heterocycles. The van der Waals surface area contributed by atoms with Crippen LogP contribution in [0.25, 0.3) is 0 Å². The highest BCUT2D eigenvalue weighted by Gasteiger charge is 2.24. The van der Waals surface area contributed by atoms with Gasteiger partial charge in [-0.3, -0.25) is 0 Å². The van der Waals surface area contributed by atoms with Gasteiger partial charge in [0.25, 0.3) is 0 Å². The zero-order valence-electron chi connectivity index (χ0n) is 15.8. The normalized spacial score (nSPS) is 20.8. The molecular weight excluding hydrogens is 342 g/mol. The number of hydrogen-bond donors (Lipinski definition) is 0. The molecule has 1 aromatic carbocycles. The maximum Gasteiger partial charge on any atom is 0.228 e. The van der Waals surface area contributed by atoms with Gasteiger partial charge in [-0.1, -0.05) is 18.2 Å². The van der Waals surface area contributed by atoms with E-state index in [4.69, 9.17) is 14.2 Å². The number of anilines is 1. The van der Waals surface area contributed by atoms with Gasteiger partial charge in [-0.25, -0.2) is 4.98 Å². The van der Waals surface area contributed by atoms with Gasteiger partial charge in [-0.05, 0) is 44.7 Å². The summed E-state index contributed by atoms with van der Waals surface area (Å²) in [5.74, 6) is 2.10. The molecule has 0 aliphatic carbocycles. The minimum absolute atomic E-state index is 0.292. The van der Waals surface area contributed by atoms with E-state index in [9.17, 15) is 0 Å². The number of nitrogens with zero attached hydrogens (tertiary/aromatic N) is 3. The Morgan fingerprint density at radius 3 is 2.67 bits per heavy atom. The first-order valence-electron chi connectivity index (χ1n) is 9.83. The zero-order chi connectivity index (χ0) is 18.5. The number of hydrogen-bond acceptors (Lipinski definition) is 6. The van der Waals surface area contributed by atoms with E-state index < -0.39 is 0 Å². The molecule has 6 heteroatoms. The fourth-order valence-electron chi connectivity index (χ4n) is 3.57. The highest BCUT2D eigenvalue weighted by Crippen LogP contribution is 2.24. The van der Waals surface area contributed by atoms with Crippen molar-refractivity contribution in [2.75, 3.05) is 31.2 Å². The van der Waals surface area contributed by atoms with Gasteiger partial charge in [0.2, 0.25) is 11.8 Å². The molecule has 2 aromatic rings. The number of aromatic nitrogens is 2. The molecule has 1 unspecified atom stereocenters. The van der Waals surface area contributed by atoms with Crippen molar-refractivity contribution in [3.8, 4) is 11.6 Å². The molecule has 0 amide bonds. The van der Waals surface area contributed by atoms with Crippen molar-refractivity contribution in [1.82, 2.24) is 9.97 Å². The second-order valence-corrected chi connectivity index (χ2v) is 7.22. The molecule has 2 aliphatic rings. The third-order valence-corrected chi connectivity index (χ3v) is 5.05. The van der Waals surface area contributed by atoms with Gasteiger partial charge >= 0.3 is 0 Å². The molecule has 2 fully saturated rings. The third kappa shape index (κ3) is 4.96.